The van der Waals surface area contributed by atoms with E-state index in [1.165, 1.54) is 6.20 Å². The van der Waals surface area contributed by atoms with Crippen molar-refractivity contribution in [3.05, 3.63) is 99.8 Å². The SMILES string of the molecule is Cc1c(COc2cc(OCc3cncc(C(=O)NCCC(=O)O)c3)c(CN3CC[C@H](O)C3)cc2Cl)cccc1-c1ccc2c(c1)OCCO2. The van der Waals surface area contributed by atoms with E-state index in [0.29, 0.717) is 60.4 Å². The molecule has 0 unspecified atom stereocenters. The minimum Gasteiger partial charge on any atom is -0.488 e. The zero-order valence-corrected chi connectivity index (χ0v) is 27.9. The number of aliphatic carboxylic acids is 1. The molecule has 49 heavy (non-hydrogen) atoms. The smallest absolute Gasteiger partial charge is 0.305 e. The Morgan fingerprint density at radius 2 is 1.82 bits per heavy atom. The summed E-state index contributed by atoms with van der Waals surface area (Å²) in [6.07, 6.45) is 3.17. The molecule has 11 nitrogen and oxygen atoms in total. The summed E-state index contributed by atoms with van der Waals surface area (Å²) in [5.74, 6) is 1.07. The van der Waals surface area contributed by atoms with Gasteiger partial charge in [-0.05, 0) is 59.9 Å². The van der Waals surface area contributed by atoms with Crippen LogP contribution in [0.4, 0.5) is 0 Å². The topological polar surface area (TPSA) is 140 Å². The van der Waals surface area contributed by atoms with Gasteiger partial charge in [0.05, 0.1) is 23.1 Å². The molecule has 4 aromatic rings. The zero-order valence-electron chi connectivity index (χ0n) is 27.1. The number of nitrogens with zero attached hydrogens (tertiary/aromatic N) is 2. The van der Waals surface area contributed by atoms with E-state index in [4.69, 9.17) is 35.7 Å². The molecule has 1 amide bonds. The fourth-order valence-corrected chi connectivity index (χ4v) is 6.14. The van der Waals surface area contributed by atoms with Crippen molar-refractivity contribution in [2.45, 2.75) is 45.6 Å². The highest BCUT2D eigenvalue weighted by Crippen LogP contribution is 2.38. The fourth-order valence-electron chi connectivity index (χ4n) is 5.90. The number of nitrogens with one attached hydrogen (secondary N) is 1. The first-order chi connectivity index (χ1) is 23.7. The monoisotopic (exact) mass is 687 g/mol. The van der Waals surface area contributed by atoms with Gasteiger partial charge in [-0.1, -0.05) is 35.9 Å². The van der Waals surface area contributed by atoms with E-state index < -0.39 is 11.9 Å². The average Bonchev–Trinajstić information content (AvgIpc) is 3.51. The Morgan fingerprint density at radius 1 is 1.00 bits per heavy atom. The Hall–Kier alpha value is -4.84. The van der Waals surface area contributed by atoms with Crippen molar-refractivity contribution in [3.63, 3.8) is 0 Å². The van der Waals surface area contributed by atoms with Gasteiger partial charge in [0.25, 0.3) is 5.91 Å². The van der Waals surface area contributed by atoms with Gasteiger partial charge in [0.2, 0.25) is 0 Å². The Bertz CT molecular complexity index is 1830. The number of halogens is 1. The van der Waals surface area contributed by atoms with Crippen LogP contribution >= 0.6 is 11.6 Å². The molecule has 0 aliphatic carbocycles. The molecule has 12 heteroatoms. The first-order valence-corrected chi connectivity index (χ1v) is 16.5. The zero-order chi connectivity index (χ0) is 34.3. The van der Waals surface area contributed by atoms with Gasteiger partial charge in [-0.2, -0.15) is 0 Å². The number of hydrogen-bond donors (Lipinski definition) is 3. The van der Waals surface area contributed by atoms with Crippen LogP contribution in [-0.2, 0) is 24.6 Å². The number of aromatic nitrogens is 1. The lowest BCUT2D eigenvalue weighted by Gasteiger charge is -2.21. The van der Waals surface area contributed by atoms with Crippen molar-refractivity contribution in [1.82, 2.24) is 15.2 Å². The van der Waals surface area contributed by atoms with E-state index in [-0.39, 0.29) is 32.3 Å². The van der Waals surface area contributed by atoms with Gasteiger partial charge in [-0.3, -0.25) is 19.5 Å². The number of aliphatic hydroxyl groups is 1. The lowest BCUT2D eigenvalue weighted by atomic mass is 9.96. The first kappa shape index (κ1) is 34.0. The van der Waals surface area contributed by atoms with E-state index >= 15 is 0 Å². The maximum atomic E-state index is 12.5. The highest BCUT2D eigenvalue weighted by Gasteiger charge is 2.23. The number of fused-ring (bicyclic) bond motifs is 1. The predicted octanol–water partition coefficient (Wildman–Crippen LogP) is 5.41. The highest BCUT2D eigenvalue weighted by atomic mass is 35.5. The Balaban J connectivity index is 1.19. The third kappa shape index (κ3) is 8.61. The van der Waals surface area contributed by atoms with Crippen LogP contribution in [0.15, 0.2) is 67.0 Å². The number of β-amino-alcohol motifs (C(OH)–C–C–N with tert-alkyl or cyclic N) is 1. The molecule has 3 heterocycles. The number of amides is 1. The Morgan fingerprint density at radius 3 is 2.61 bits per heavy atom. The number of carbonyl (C=O) groups is 2. The average molecular weight is 688 g/mol. The largest absolute Gasteiger partial charge is 0.488 e. The number of hydrogen-bond acceptors (Lipinski definition) is 9. The standard InChI is InChI=1S/C37H38ClN3O8/c1-23-26(3-2-4-30(23)25-5-6-32-35(15-25)47-12-11-46-32)22-49-34-16-33(28(14-31(34)38)19-41-10-8-29(42)20-41)48-21-24-13-27(18-39-17-24)37(45)40-9-7-36(43)44/h2-6,13-18,29,42H,7-12,19-22H2,1H3,(H,40,45)(H,43,44)/t29-/m0/s1. The minimum atomic E-state index is -0.994. The third-order valence-corrected chi connectivity index (χ3v) is 8.81. The summed E-state index contributed by atoms with van der Waals surface area (Å²) in [6.45, 7) is 5.33. The number of carboxylic acid groups (broad SMARTS) is 1. The minimum absolute atomic E-state index is 0.0131. The molecule has 1 atom stereocenters. The van der Waals surface area contributed by atoms with Gasteiger partial charge in [-0.15, -0.1) is 0 Å². The normalized spacial score (nSPS) is 15.5. The number of rotatable bonds is 13. The quantitative estimate of drug-likeness (QED) is 0.167. The van der Waals surface area contributed by atoms with Crippen LogP contribution in [0.5, 0.6) is 23.0 Å². The number of carbonyl (C=O) groups excluding carboxylic acids is 1. The third-order valence-electron chi connectivity index (χ3n) is 8.51. The molecule has 256 valence electrons. The molecule has 2 aliphatic heterocycles. The van der Waals surface area contributed by atoms with E-state index in [2.05, 4.69) is 28.2 Å². The van der Waals surface area contributed by atoms with Crippen LogP contribution in [0.2, 0.25) is 5.02 Å². The summed E-state index contributed by atoms with van der Waals surface area (Å²) >= 11 is 6.78. The summed E-state index contributed by atoms with van der Waals surface area (Å²) in [6, 6.07) is 17.3. The van der Waals surface area contributed by atoms with Gasteiger partial charge < -0.3 is 34.5 Å². The van der Waals surface area contributed by atoms with Gasteiger partial charge in [0.15, 0.2) is 11.5 Å². The Kier molecular flexibility index (Phi) is 10.8. The summed E-state index contributed by atoms with van der Waals surface area (Å²) in [5, 5.41) is 22.0. The van der Waals surface area contributed by atoms with Crippen molar-refractivity contribution < 1.29 is 38.7 Å². The molecular weight excluding hydrogens is 650 g/mol. The molecule has 0 radical (unpaired) electrons. The lowest BCUT2D eigenvalue weighted by molar-refractivity contribution is -0.136. The second-order valence-corrected chi connectivity index (χ2v) is 12.5. The van der Waals surface area contributed by atoms with Crippen LogP contribution in [0.25, 0.3) is 11.1 Å². The molecule has 1 fully saturated rings. The fraction of sp³-hybridized carbons (Fsp3) is 0.324. The Labute approximate surface area is 289 Å². The number of likely N-dealkylation sites (tertiary alicyclic amines) is 1. The van der Waals surface area contributed by atoms with Gasteiger partial charge in [-0.25, -0.2) is 0 Å². The van der Waals surface area contributed by atoms with Crippen molar-refractivity contribution in [1.29, 1.82) is 0 Å². The van der Waals surface area contributed by atoms with E-state index in [1.54, 1.807) is 18.3 Å². The molecule has 0 spiro atoms. The molecule has 6 rings (SSSR count). The summed E-state index contributed by atoms with van der Waals surface area (Å²) in [7, 11) is 0. The number of benzene rings is 3. The second kappa shape index (κ2) is 15.6. The number of ether oxygens (including phenoxy) is 4. The first-order valence-electron chi connectivity index (χ1n) is 16.1. The molecular formula is C37H38ClN3O8. The molecule has 2 aliphatic rings. The maximum Gasteiger partial charge on any atom is 0.305 e. The van der Waals surface area contributed by atoms with Crippen molar-refractivity contribution >= 4 is 23.5 Å². The van der Waals surface area contributed by atoms with E-state index in [1.807, 2.05) is 36.4 Å². The predicted molar refractivity (Wildman–Crippen MR) is 182 cm³/mol. The van der Waals surface area contributed by atoms with Gasteiger partial charge in [0.1, 0.15) is 37.9 Å². The van der Waals surface area contributed by atoms with Crippen LogP contribution in [0.3, 0.4) is 0 Å². The van der Waals surface area contributed by atoms with E-state index in [0.717, 1.165) is 45.9 Å². The number of carboxylic acids is 1. The lowest BCUT2D eigenvalue weighted by Crippen LogP contribution is -2.26. The van der Waals surface area contributed by atoms with Gasteiger partial charge in [0, 0.05) is 55.8 Å². The summed E-state index contributed by atoms with van der Waals surface area (Å²) in [5.41, 5.74) is 5.91. The molecule has 3 N–H and O–H groups in total. The second-order valence-electron chi connectivity index (χ2n) is 12.1. The van der Waals surface area contributed by atoms with Crippen molar-refractivity contribution in [3.8, 4) is 34.1 Å². The molecule has 0 saturated carbocycles. The van der Waals surface area contributed by atoms with Crippen LogP contribution < -0.4 is 24.3 Å². The van der Waals surface area contributed by atoms with Crippen molar-refractivity contribution in [2.75, 3.05) is 32.8 Å². The van der Waals surface area contributed by atoms with Crippen LogP contribution in [0.1, 0.15) is 45.5 Å². The molecule has 0 bridgehead atoms. The molecule has 3 aromatic carbocycles. The van der Waals surface area contributed by atoms with Gasteiger partial charge >= 0.3 is 5.97 Å². The maximum absolute atomic E-state index is 12.5. The van der Waals surface area contributed by atoms with Crippen LogP contribution in [-0.4, -0.2) is 70.9 Å². The summed E-state index contributed by atoms with van der Waals surface area (Å²) in [4.78, 5) is 29.6. The number of aliphatic hydroxyl groups excluding tert-OH is 1. The highest BCUT2D eigenvalue weighted by molar-refractivity contribution is 6.32. The van der Waals surface area contributed by atoms with Crippen LogP contribution in [0, 0.1) is 6.92 Å². The number of pyridine rings is 1. The summed E-state index contributed by atoms with van der Waals surface area (Å²) < 4.78 is 24.1. The van der Waals surface area contributed by atoms with E-state index in [9.17, 15) is 14.7 Å². The molecule has 1 saturated heterocycles. The van der Waals surface area contributed by atoms with Crippen molar-refractivity contribution in [2.24, 2.45) is 0 Å². The molecule has 1 aromatic heterocycles.